The van der Waals surface area contributed by atoms with Crippen LogP contribution in [0.25, 0.3) is 0 Å². The summed E-state index contributed by atoms with van der Waals surface area (Å²) < 4.78 is 32.6. The van der Waals surface area contributed by atoms with Gasteiger partial charge in [-0.05, 0) is 50.0 Å². The Morgan fingerprint density at radius 1 is 1.35 bits per heavy atom. The topological polar surface area (TPSA) is 87.7 Å². The lowest BCUT2D eigenvalue weighted by molar-refractivity contribution is -0.133. The van der Waals surface area contributed by atoms with Crippen molar-refractivity contribution in [1.29, 1.82) is 0 Å². The van der Waals surface area contributed by atoms with Crippen LogP contribution in [0.1, 0.15) is 25.3 Å². The molecule has 0 spiro atoms. The number of fused-ring (bicyclic) bond motifs is 1. The third-order valence-electron chi connectivity index (χ3n) is 5.28. The first-order valence-electron chi connectivity index (χ1n) is 9.08. The van der Waals surface area contributed by atoms with Crippen LogP contribution < -0.4 is 14.9 Å². The van der Waals surface area contributed by atoms with Crippen LogP contribution in [0.5, 0.6) is 0 Å². The minimum atomic E-state index is -3.55. The minimum absolute atomic E-state index is 0.0394. The zero-order chi connectivity index (χ0) is 18.8. The molecule has 1 fully saturated rings. The number of nitrogens with one attached hydrogen (secondary N) is 2. The Hall–Kier alpha value is -1.48. The van der Waals surface area contributed by atoms with Gasteiger partial charge in [-0.3, -0.25) is 4.79 Å². The first kappa shape index (κ1) is 19.3. The number of hydrogen-bond donors (Lipinski definition) is 2. The number of benzene rings is 1. The van der Waals surface area contributed by atoms with Crippen molar-refractivity contribution in [2.75, 3.05) is 44.8 Å². The van der Waals surface area contributed by atoms with Gasteiger partial charge < -0.3 is 15.0 Å². The maximum absolute atomic E-state index is 13.4. The van der Waals surface area contributed by atoms with E-state index < -0.39 is 15.4 Å². The summed E-state index contributed by atoms with van der Waals surface area (Å²) in [6.45, 7) is 4.60. The summed E-state index contributed by atoms with van der Waals surface area (Å²) in [5.41, 5.74) is 1.18. The van der Waals surface area contributed by atoms with Crippen LogP contribution >= 0.6 is 0 Å². The quantitative estimate of drug-likeness (QED) is 0.764. The Labute approximate surface area is 155 Å². The number of nitrogens with zero attached hydrogens (tertiary/aromatic N) is 1. The molecule has 0 radical (unpaired) electrons. The predicted octanol–water partition coefficient (Wildman–Crippen LogP) is 0.890. The molecule has 1 saturated heterocycles. The number of ether oxygens (including phenoxy) is 1. The number of rotatable bonds is 6. The molecule has 1 aromatic rings. The number of sulfonamides is 1. The van der Waals surface area contributed by atoms with E-state index in [2.05, 4.69) is 10.0 Å². The second-order valence-corrected chi connectivity index (χ2v) is 8.73. The number of anilines is 1. The van der Waals surface area contributed by atoms with Gasteiger partial charge in [0, 0.05) is 25.9 Å². The molecule has 26 heavy (non-hydrogen) atoms. The fourth-order valence-corrected chi connectivity index (χ4v) is 4.96. The lowest BCUT2D eigenvalue weighted by atomic mass is 9.78. The summed E-state index contributed by atoms with van der Waals surface area (Å²) in [7, 11) is -1.93. The van der Waals surface area contributed by atoms with E-state index in [1.165, 1.54) is 0 Å². The second-order valence-electron chi connectivity index (χ2n) is 6.96. The lowest BCUT2D eigenvalue weighted by Crippen LogP contribution is -2.51. The van der Waals surface area contributed by atoms with Crippen molar-refractivity contribution >= 4 is 21.6 Å². The van der Waals surface area contributed by atoms with E-state index in [1.807, 2.05) is 6.07 Å². The van der Waals surface area contributed by atoms with Gasteiger partial charge >= 0.3 is 0 Å². The van der Waals surface area contributed by atoms with Gasteiger partial charge in [0.1, 0.15) is 0 Å². The van der Waals surface area contributed by atoms with E-state index in [9.17, 15) is 13.2 Å². The van der Waals surface area contributed by atoms with Crippen molar-refractivity contribution in [3.05, 3.63) is 23.8 Å². The highest BCUT2D eigenvalue weighted by Gasteiger charge is 2.44. The average Bonchev–Trinajstić information content (AvgIpc) is 3.05. The van der Waals surface area contributed by atoms with Crippen LogP contribution in [0.3, 0.4) is 0 Å². The third kappa shape index (κ3) is 3.51. The summed E-state index contributed by atoms with van der Waals surface area (Å²) in [5, 5.41) is 3.29. The summed E-state index contributed by atoms with van der Waals surface area (Å²) in [5.74, 6) is 0.0394. The van der Waals surface area contributed by atoms with E-state index >= 15 is 0 Å². The van der Waals surface area contributed by atoms with Crippen molar-refractivity contribution in [3.63, 3.8) is 0 Å². The standard InChI is InChI=1S/C18H27N3O4S/c1-3-20-26(23,24)15-5-4-14-6-11-21(16(14)12-15)17(22)18(13-25-2)7-9-19-10-8-18/h4-5,12,19-20H,3,6-11,13H2,1-2H3. The Morgan fingerprint density at radius 2 is 2.08 bits per heavy atom. The molecule has 144 valence electrons. The second kappa shape index (κ2) is 7.64. The van der Waals surface area contributed by atoms with Gasteiger partial charge in [-0.15, -0.1) is 0 Å². The molecule has 8 heteroatoms. The smallest absolute Gasteiger partial charge is 0.240 e. The van der Waals surface area contributed by atoms with Crippen molar-refractivity contribution in [3.8, 4) is 0 Å². The van der Waals surface area contributed by atoms with E-state index in [1.54, 1.807) is 31.1 Å². The molecule has 1 aromatic carbocycles. The maximum Gasteiger partial charge on any atom is 0.240 e. The maximum atomic E-state index is 13.4. The molecule has 0 saturated carbocycles. The first-order valence-corrected chi connectivity index (χ1v) is 10.6. The molecule has 0 bridgehead atoms. The molecule has 0 aliphatic carbocycles. The highest BCUT2D eigenvalue weighted by atomic mass is 32.2. The highest BCUT2D eigenvalue weighted by Crippen LogP contribution is 2.38. The Morgan fingerprint density at radius 3 is 2.73 bits per heavy atom. The van der Waals surface area contributed by atoms with Crippen molar-refractivity contribution < 1.29 is 17.9 Å². The Kier molecular flexibility index (Phi) is 5.67. The van der Waals surface area contributed by atoms with Gasteiger partial charge in [-0.1, -0.05) is 13.0 Å². The molecule has 2 aliphatic heterocycles. The lowest BCUT2D eigenvalue weighted by Gasteiger charge is -2.38. The summed E-state index contributed by atoms with van der Waals surface area (Å²) in [4.78, 5) is 15.4. The first-order chi connectivity index (χ1) is 12.4. The third-order valence-corrected chi connectivity index (χ3v) is 6.82. The fraction of sp³-hybridized carbons (Fsp3) is 0.611. The number of hydrogen-bond acceptors (Lipinski definition) is 5. The SMILES string of the molecule is CCNS(=O)(=O)c1ccc2c(c1)N(C(=O)C1(COC)CCNCC1)CC2. The summed E-state index contributed by atoms with van der Waals surface area (Å²) >= 11 is 0. The van der Waals surface area contributed by atoms with Crippen LogP contribution in [-0.2, 0) is 26.0 Å². The van der Waals surface area contributed by atoms with Gasteiger partial charge in [-0.25, -0.2) is 13.1 Å². The summed E-state index contributed by atoms with van der Waals surface area (Å²) in [6, 6.07) is 5.05. The van der Waals surface area contributed by atoms with Crippen LogP contribution in [0.15, 0.2) is 23.1 Å². The van der Waals surface area contributed by atoms with Gasteiger partial charge in [-0.2, -0.15) is 0 Å². The number of carbonyl (C=O) groups excluding carboxylic acids is 1. The molecule has 1 amide bonds. The number of amides is 1. The zero-order valence-electron chi connectivity index (χ0n) is 15.4. The van der Waals surface area contributed by atoms with Crippen LogP contribution in [0.2, 0.25) is 0 Å². The molecule has 2 N–H and O–H groups in total. The summed E-state index contributed by atoms with van der Waals surface area (Å²) in [6.07, 6.45) is 2.19. The predicted molar refractivity (Wildman–Crippen MR) is 99.8 cm³/mol. The molecule has 3 rings (SSSR count). The van der Waals surface area contributed by atoms with Crippen molar-refractivity contribution in [2.24, 2.45) is 5.41 Å². The Bertz CT molecular complexity index is 767. The van der Waals surface area contributed by atoms with E-state index in [-0.39, 0.29) is 10.8 Å². The van der Waals surface area contributed by atoms with E-state index in [0.29, 0.717) is 25.4 Å². The van der Waals surface area contributed by atoms with Gasteiger partial charge in [0.05, 0.1) is 16.9 Å². The molecule has 7 nitrogen and oxygen atoms in total. The number of piperidine rings is 1. The van der Waals surface area contributed by atoms with Crippen molar-refractivity contribution in [1.82, 2.24) is 10.0 Å². The molecule has 0 aromatic heterocycles. The van der Waals surface area contributed by atoms with Crippen molar-refractivity contribution in [2.45, 2.75) is 31.1 Å². The average molecular weight is 381 g/mol. The van der Waals surface area contributed by atoms with E-state index in [4.69, 9.17) is 4.74 Å². The molecule has 0 unspecified atom stereocenters. The molecular weight excluding hydrogens is 354 g/mol. The van der Waals surface area contributed by atoms with Crippen LogP contribution in [0, 0.1) is 5.41 Å². The molecular formula is C18H27N3O4S. The molecule has 2 aliphatic rings. The zero-order valence-corrected chi connectivity index (χ0v) is 16.2. The van der Waals surface area contributed by atoms with E-state index in [0.717, 1.165) is 37.9 Å². The van der Waals surface area contributed by atoms with Gasteiger partial charge in [0.15, 0.2) is 0 Å². The molecule has 0 atom stereocenters. The van der Waals surface area contributed by atoms with Gasteiger partial charge in [0.25, 0.3) is 0 Å². The van der Waals surface area contributed by atoms with Crippen LogP contribution in [0.4, 0.5) is 5.69 Å². The monoisotopic (exact) mass is 381 g/mol. The fourth-order valence-electron chi connectivity index (χ4n) is 3.90. The molecule has 2 heterocycles. The Balaban J connectivity index is 1.94. The minimum Gasteiger partial charge on any atom is -0.384 e. The van der Waals surface area contributed by atoms with Gasteiger partial charge in [0.2, 0.25) is 15.9 Å². The van der Waals surface area contributed by atoms with Crippen LogP contribution in [-0.4, -0.2) is 54.2 Å². The number of carbonyl (C=O) groups is 1. The number of methoxy groups -OCH3 is 1. The largest absolute Gasteiger partial charge is 0.384 e. The normalized spacial score (nSPS) is 19.4. The highest BCUT2D eigenvalue weighted by molar-refractivity contribution is 7.89.